The normalized spacial score (nSPS) is 15.1. The predicted octanol–water partition coefficient (Wildman–Crippen LogP) is 1.68. The summed E-state index contributed by atoms with van der Waals surface area (Å²) in [6.45, 7) is 1.38. The number of carbonyl (C=O) groups is 2. The molecule has 7 nitrogen and oxygen atoms in total. The van der Waals surface area contributed by atoms with Gasteiger partial charge in [0.25, 0.3) is 5.91 Å². The van der Waals surface area contributed by atoms with Gasteiger partial charge in [-0.25, -0.2) is 17.9 Å². The van der Waals surface area contributed by atoms with Gasteiger partial charge in [0.1, 0.15) is 5.82 Å². The molecule has 1 aliphatic heterocycles. The minimum absolute atomic E-state index is 0.0509. The van der Waals surface area contributed by atoms with Gasteiger partial charge in [-0.15, -0.1) is 0 Å². The molecule has 0 bridgehead atoms. The lowest BCUT2D eigenvalue weighted by atomic mass is 9.95. The molecule has 3 rings (SSSR count). The first-order valence-electron chi connectivity index (χ1n) is 9.68. The summed E-state index contributed by atoms with van der Waals surface area (Å²) < 4.78 is 35.5. The molecule has 0 saturated carbocycles. The zero-order valence-electron chi connectivity index (χ0n) is 16.4. The Bertz CT molecular complexity index is 1000. The highest BCUT2D eigenvalue weighted by molar-refractivity contribution is 7.89. The zero-order chi connectivity index (χ0) is 21.7. The van der Waals surface area contributed by atoms with Gasteiger partial charge in [0, 0.05) is 31.1 Å². The molecule has 3 N–H and O–H groups in total. The Hall–Kier alpha value is -2.78. The molecular weight excluding hydrogens is 409 g/mol. The van der Waals surface area contributed by atoms with Gasteiger partial charge in [-0.05, 0) is 61.2 Å². The molecule has 2 aromatic carbocycles. The van der Waals surface area contributed by atoms with Gasteiger partial charge in [0.05, 0.1) is 4.90 Å². The number of nitrogens with one attached hydrogen (secondary N) is 1. The van der Waals surface area contributed by atoms with Crippen molar-refractivity contribution in [3.8, 4) is 0 Å². The lowest BCUT2D eigenvalue weighted by Crippen LogP contribution is -2.43. The van der Waals surface area contributed by atoms with Crippen LogP contribution in [-0.2, 0) is 21.2 Å². The molecule has 1 saturated heterocycles. The van der Waals surface area contributed by atoms with E-state index in [1.807, 2.05) is 0 Å². The third-order valence-corrected chi connectivity index (χ3v) is 6.14. The van der Waals surface area contributed by atoms with Crippen LogP contribution in [0.5, 0.6) is 0 Å². The molecular formula is C21H24FN3O4S. The fourth-order valence-electron chi connectivity index (χ4n) is 3.44. The second-order valence-electron chi connectivity index (χ2n) is 7.30. The number of halogens is 1. The first kappa shape index (κ1) is 21.9. The molecule has 160 valence electrons. The van der Waals surface area contributed by atoms with E-state index in [1.54, 1.807) is 17.0 Å². The number of benzene rings is 2. The van der Waals surface area contributed by atoms with Gasteiger partial charge in [0.15, 0.2) is 0 Å². The first-order valence-corrected chi connectivity index (χ1v) is 11.2. The van der Waals surface area contributed by atoms with E-state index < -0.39 is 10.0 Å². The lowest BCUT2D eigenvalue weighted by molar-refractivity contribution is -0.126. The van der Waals surface area contributed by atoms with Crippen LogP contribution in [-0.4, -0.2) is 44.8 Å². The molecule has 2 amide bonds. The summed E-state index contributed by atoms with van der Waals surface area (Å²) >= 11 is 0. The van der Waals surface area contributed by atoms with Crippen molar-refractivity contribution < 1.29 is 22.4 Å². The number of likely N-dealkylation sites (tertiary alicyclic amines) is 1. The second-order valence-corrected chi connectivity index (χ2v) is 8.86. The number of amides is 2. The highest BCUT2D eigenvalue weighted by Crippen LogP contribution is 2.19. The maximum atomic E-state index is 13.0. The standard InChI is InChI=1S/C21H24FN3O4S/c22-18-5-3-17(4-6-18)21(27)25-13-10-16(11-14-25)20(26)24-12-9-15-1-7-19(8-2-15)30(23,28)29/h1-8,16H,9-14H2,(H,24,26)(H2,23,28,29). The summed E-state index contributed by atoms with van der Waals surface area (Å²) in [5.41, 5.74) is 1.33. The highest BCUT2D eigenvalue weighted by Gasteiger charge is 2.27. The van der Waals surface area contributed by atoms with Crippen molar-refractivity contribution in [2.24, 2.45) is 11.1 Å². The van der Waals surface area contributed by atoms with Gasteiger partial charge in [0.2, 0.25) is 15.9 Å². The van der Waals surface area contributed by atoms with E-state index in [0.29, 0.717) is 44.5 Å². The predicted molar refractivity (Wildman–Crippen MR) is 110 cm³/mol. The number of hydrogen-bond donors (Lipinski definition) is 2. The maximum Gasteiger partial charge on any atom is 0.253 e. The topological polar surface area (TPSA) is 110 Å². The molecule has 9 heteroatoms. The molecule has 0 atom stereocenters. The van der Waals surface area contributed by atoms with Crippen LogP contribution < -0.4 is 10.5 Å². The van der Waals surface area contributed by atoms with E-state index in [2.05, 4.69) is 5.32 Å². The molecule has 1 fully saturated rings. The van der Waals surface area contributed by atoms with Crippen LogP contribution in [0.3, 0.4) is 0 Å². The van der Waals surface area contributed by atoms with Crippen LogP contribution >= 0.6 is 0 Å². The van der Waals surface area contributed by atoms with E-state index >= 15 is 0 Å². The Morgan fingerprint density at radius 3 is 2.20 bits per heavy atom. The molecule has 2 aromatic rings. The van der Waals surface area contributed by atoms with E-state index in [1.165, 1.54) is 36.4 Å². The van der Waals surface area contributed by atoms with Gasteiger partial charge in [-0.3, -0.25) is 9.59 Å². The minimum atomic E-state index is -3.71. The largest absolute Gasteiger partial charge is 0.356 e. The Morgan fingerprint density at radius 2 is 1.63 bits per heavy atom. The van der Waals surface area contributed by atoms with Crippen LogP contribution in [0.25, 0.3) is 0 Å². The number of sulfonamides is 1. The average molecular weight is 434 g/mol. The third kappa shape index (κ3) is 5.64. The van der Waals surface area contributed by atoms with Crippen LogP contribution in [0.15, 0.2) is 53.4 Å². The number of nitrogens with zero attached hydrogens (tertiary/aromatic N) is 1. The number of primary sulfonamides is 1. The van der Waals surface area contributed by atoms with Crippen molar-refractivity contribution in [2.45, 2.75) is 24.2 Å². The number of rotatable bonds is 6. The van der Waals surface area contributed by atoms with E-state index in [-0.39, 0.29) is 28.4 Å². The van der Waals surface area contributed by atoms with Gasteiger partial charge >= 0.3 is 0 Å². The molecule has 0 radical (unpaired) electrons. The maximum absolute atomic E-state index is 13.0. The van der Waals surface area contributed by atoms with Crippen LogP contribution in [0, 0.1) is 11.7 Å². The van der Waals surface area contributed by atoms with Crippen LogP contribution in [0.1, 0.15) is 28.8 Å². The molecule has 0 unspecified atom stereocenters. The smallest absolute Gasteiger partial charge is 0.253 e. The fraction of sp³-hybridized carbons (Fsp3) is 0.333. The molecule has 0 aliphatic carbocycles. The zero-order valence-corrected chi connectivity index (χ0v) is 17.2. The summed E-state index contributed by atoms with van der Waals surface area (Å²) in [7, 11) is -3.71. The Balaban J connectivity index is 1.43. The highest BCUT2D eigenvalue weighted by atomic mass is 32.2. The van der Waals surface area contributed by atoms with Gasteiger partial charge in [-0.2, -0.15) is 0 Å². The van der Waals surface area contributed by atoms with Crippen molar-refractivity contribution in [2.75, 3.05) is 19.6 Å². The number of piperidine rings is 1. The Morgan fingerprint density at radius 1 is 1.03 bits per heavy atom. The SMILES string of the molecule is NS(=O)(=O)c1ccc(CCNC(=O)C2CCN(C(=O)c3ccc(F)cc3)CC2)cc1. The van der Waals surface area contributed by atoms with Crippen LogP contribution in [0.4, 0.5) is 4.39 Å². The first-order chi connectivity index (χ1) is 14.2. The quantitative estimate of drug-likeness (QED) is 0.722. The van der Waals surface area contributed by atoms with Crippen molar-refractivity contribution in [3.05, 3.63) is 65.5 Å². The summed E-state index contributed by atoms with van der Waals surface area (Å²) in [6.07, 6.45) is 1.71. The molecule has 1 heterocycles. The number of carbonyl (C=O) groups excluding carboxylic acids is 2. The lowest BCUT2D eigenvalue weighted by Gasteiger charge is -2.31. The van der Waals surface area contributed by atoms with Crippen LogP contribution in [0.2, 0.25) is 0 Å². The minimum Gasteiger partial charge on any atom is -0.356 e. The third-order valence-electron chi connectivity index (χ3n) is 5.21. The molecule has 0 spiro atoms. The van der Waals surface area contributed by atoms with E-state index in [9.17, 15) is 22.4 Å². The Labute approximate surface area is 175 Å². The van der Waals surface area contributed by atoms with Crippen molar-refractivity contribution in [1.29, 1.82) is 0 Å². The molecule has 1 aliphatic rings. The summed E-state index contributed by atoms with van der Waals surface area (Å²) in [6, 6.07) is 11.7. The van der Waals surface area contributed by atoms with Gasteiger partial charge in [-0.1, -0.05) is 12.1 Å². The van der Waals surface area contributed by atoms with E-state index in [0.717, 1.165) is 5.56 Å². The number of hydrogen-bond acceptors (Lipinski definition) is 4. The van der Waals surface area contributed by atoms with Crippen molar-refractivity contribution in [1.82, 2.24) is 10.2 Å². The van der Waals surface area contributed by atoms with Crippen molar-refractivity contribution >= 4 is 21.8 Å². The molecule has 30 heavy (non-hydrogen) atoms. The summed E-state index contributed by atoms with van der Waals surface area (Å²) in [5.74, 6) is -0.754. The monoisotopic (exact) mass is 433 g/mol. The van der Waals surface area contributed by atoms with Gasteiger partial charge < -0.3 is 10.2 Å². The Kier molecular flexibility index (Phi) is 6.84. The number of nitrogens with two attached hydrogens (primary N) is 1. The molecule has 0 aromatic heterocycles. The fourth-order valence-corrected chi connectivity index (χ4v) is 3.96. The summed E-state index contributed by atoms with van der Waals surface area (Å²) in [5, 5.41) is 7.97. The van der Waals surface area contributed by atoms with E-state index in [4.69, 9.17) is 5.14 Å². The van der Waals surface area contributed by atoms with Crippen molar-refractivity contribution in [3.63, 3.8) is 0 Å². The summed E-state index contributed by atoms with van der Waals surface area (Å²) in [4.78, 5) is 26.6. The average Bonchev–Trinajstić information content (AvgIpc) is 2.73. The second kappa shape index (κ2) is 9.36.